The van der Waals surface area contributed by atoms with Gasteiger partial charge in [0, 0.05) is 11.5 Å². The number of aliphatic hydroxyl groups is 2. The van der Waals surface area contributed by atoms with Gasteiger partial charge < -0.3 is 20.3 Å². The highest BCUT2D eigenvalue weighted by Crippen LogP contribution is 2.33. The van der Waals surface area contributed by atoms with Crippen LogP contribution in [0.2, 0.25) is 0 Å². The topological polar surface area (TPSA) is 95.9 Å². The van der Waals surface area contributed by atoms with E-state index in [4.69, 9.17) is 14.9 Å². The van der Waals surface area contributed by atoms with Crippen LogP contribution < -0.4 is 5.32 Å². The van der Waals surface area contributed by atoms with Crippen LogP contribution >= 0.6 is 21.6 Å². The Kier molecular flexibility index (Phi) is 6.45. The van der Waals surface area contributed by atoms with Crippen molar-refractivity contribution in [3.8, 4) is 0 Å². The number of nitrogens with one attached hydrogen (secondary N) is 1. The molecule has 1 heterocycles. The number of carbonyl (C=O) groups excluding carboxylic acids is 2. The summed E-state index contributed by atoms with van der Waals surface area (Å²) in [5.74, 6) is 0.311. The molecule has 0 aliphatic carbocycles. The van der Waals surface area contributed by atoms with Gasteiger partial charge in [0.2, 0.25) is 5.91 Å². The molecule has 0 aromatic heterocycles. The summed E-state index contributed by atoms with van der Waals surface area (Å²) in [5.41, 5.74) is -0.540. The molecule has 0 aromatic rings. The average molecular weight is 309 g/mol. The lowest BCUT2D eigenvalue weighted by Gasteiger charge is -2.28. The van der Waals surface area contributed by atoms with Gasteiger partial charge in [0.15, 0.2) is 0 Å². The van der Waals surface area contributed by atoms with Crippen LogP contribution in [0.3, 0.4) is 0 Å². The molecule has 3 N–H and O–H groups in total. The SMILES string of the molecule is CC1(C)CSSCC(C(=O)OCC(O)CO)NC1=O. The first-order chi connectivity index (χ1) is 8.86. The van der Waals surface area contributed by atoms with Crippen molar-refractivity contribution in [1.29, 1.82) is 0 Å². The zero-order valence-electron chi connectivity index (χ0n) is 10.9. The largest absolute Gasteiger partial charge is 0.461 e. The standard InChI is InChI=1S/C11H19NO5S2/c1-11(2)6-19-18-5-8(12-10(11)16)9(15)17-4-7(14)3-13/h7-8,13-14H,3-6H2,1-2H3,(H,12,16). The van der Waals surface area contributed by atoms with Crippen LogP contribution in [0.25, 0.3) is 0 Å². The van der Waals surface area contributed by atoms with Crippen LogP contribution in [0, 0.1) is 5.41 Å². The number of aliphatic hydroxyl groups excluding tert-OH is 2. The van der Waals surface area contributed by atoms with Crippen LogP contribution in [0.15, 0.2) is 0 Å². The molecule has 1 fully saturated rings. The average Bonchev–Trinajstić information content (AvgIpc) is 2.37. The van der Waals surface area contributed by atoms with E-state index in [0.29, 0.717) is 11.5 Å². The van der Waals surface area contributed by atoms with Crippen molar-refractivity contribution in [2.45, 2.75) is 26.0 Å². The minimum Gasteiger partial charge on any atom is -0.461 e. The summed E-state index contributed by atoms with van der Waals surface area (Å²) in [4.78, 5) is 23.8. The molecular formula is C11H19NO5S2. The predicted molar refractivity (Wildman–Crippen MR) is 74.7 cm³/mol. The molecule has 19 heavy (non-hydrogen) atoms. The molecular weight excluding hydrogens is 290 g/mol. The van der Waals surface area contributed by atoms with E-state index in [1.807, 2.05) is 13.8 Å². The number of hydrogen-bond acceptors (Lipinski definition) is 7. The van der Waals surface area contributed by atoms with Crippen LogP contribution in [0.5, 0.6) is 0 Å². The van der Waals surface area contributed by atoms with Gasteiger partial charge in [-0.25, -0.2) is 4.79 Å². The van der Waals surface area contributed by atoms with E-state index in [9.17, 15) is 9.59 Å². The van der Waals surface area contributed by atoms with Gasteiger partial charge in [-0.1, -0.05) is 35.4 Å². The summed E-state index contributed by atoms with van der Waals surface area (Å²) >= 11 is 0. The van der Waals surface area contributed by atoms with Crippen molar-refractivity contribution in [1.82, 2.24) is 5.32 Å². The van der Waals surface area contributed by atoms with Gasteiger partial charge in [-0.3, -0.25) is 4.79 Å². The molecule has 0 bridgehead atoms. The molecule has 0 spiro atoms. The minimum absolute atomic E-state index is 0.190. The molecule has 1 aliphatic rings. The first kappa shape index (κ1) is 16.6. The van der Waals surface area contributed by atoms with Gasteiger partial charge in [0.25, 0.3) is 0 Å². The molecule has 1 saturated heterocycles. The van der Waals surface area contributed by atoms with Crippen molar-refractivity contribution in [2.24, 2.45) is 5.41 Å². The Bertz CT molecular complexity index is 337. The lowest BCUT2D eigenvalue weighted by molar-refractivity contribution is -0.151. The fraction of sp³-hybridized carbons (Fsp3) is 0.818. The molecule has 2 atom stereocenters. The molecule has 1 aliphatic heterocycles. The number of hydrogen-bond donors (Lipinski definition) is 3. The van der Waals surface area contributed by atoms with Crippen molar-refractivity contribution in [2.75, 3.05) is 24.7 Å². The second-order valence-corrected chi connectivity index (χ2v) is 7.43. The van der Waals surface area contributed by atoms with E-state index in [2.05, 4.69) is 5.32 Å². The van der Waals surface area contributed by atoms with Crippen molar-refractivity contribution < 1.29 is 24.5 Å². The molecule has 110 valence electrons. The third-order valence-electron chi connectivity index (χ3n) is 2.57. The number of rotatable bonds is 4. The Morgan fingerprint density at radius 3 is 2.89 bits per heavy atom. The third-order valence-corrected chi connectivity index (χ3v) is 5.31. The molecule has 0 radical (unpaired) electrons. The summed E-state index contributed by atoms with van der Waals surface area (Å²) in [6, 6.07) is -0.726. The fourth-order valence-electron chi connectivity index (χ4n) is 1.22. The number of ether oxygens (including phenoxy) is 1. The zero-order valence-corrected chi connectivity index (χ0v) is 12.6. The molecule has 8 heteroatoms. The Labute approximate surface area is 120 Å². The van der Waals surface area contributed by atoms with Crippen LogP contribution in [0.1, 0.15) is 13.8 Å². The van der Waals surface area contributed by atoms with Crippen molar-refractivity contribution >= 4 is 33.5 Å². The van der Waals surface area contributed by atoms with Gasteiger partial charge in [-0.15, -0.1) is 0 Å². The Hall–Kier alpha value is -0.440. The van der Waals surface area contributed by atoms with Gasteiger partial charge >= 0.3 is 5.97 Å². The summed E-state index contributed by atoms with van der Waals surface area (Å²) in [6.07, 6.45) is -1.09. The van der Waals surface area contributed by atoms with E-state index in [-0.39, 0.29) is 12.5 Å². The molecule has 1 rings (SSSR count). The molecule has 6 nitrogen and oxygen atoms in total. The quantitative estimate of drug-likeness (QED) is 0.488. The smallest absolute Gasteiger partial charge is 0.329 e. The normalized spacial score (nSPS) is 24.8. The second kappa shape index (κ2) is 7.37. The van der Waals surface area contributed by atoms with Crippen LogP contribution in [0.4, 0.5) is 0 Å². The molecule has 0 aromatic carbocycles. The highest BCUT2D eigenvalue weighted by molar-refractivity contribution is 8.76. The summed E-state index contributed by atoms with van der Waals surface area (Å²) in [7, 11) is 3.05. The maximum absolute atomic E-state index is 12.0. The van der Waals surface area contributed by atoms with Gasteiger partial charge in [-0.2, -0.15) is 0 Å². The van der Waals surface area contributed by atoms with E-state index in [1.165, 1.54) is 10.8 Å². The first-order valence-electron chi connectivity index (χ1n) is 5.88. The lowest BCUT2D eigenvalue weighted by Crippen LogP contribution is -2.50. The summed E-state index contributed by atoms with van der Waals surface area (Å²) < 4.78 is 4.86. The van der Waals surface area contributed by atoms with Gasteiger partial charge in [0.1, 0.15) is 18.8 Å². The maximum Gasteiger partial charge on any atom is 0.329 e. The van der Waals surface area contributed by atoms with Crippen LogP contribution in [-0.4, -0.2) is 59.0 Å². The highest BCUT2D eigenvalue weighted by atomic mass is 33.1. The number of esters is 1. The second-order valence-electron chi connectivity index (χ2n) is 4.92. The Morgan fingerprint density at radius 2 is 2.26 bits per heavy atom. The molecule has 0 saturated carbocycles. The Morgan fingerprint density at radius 1 is 1.58 bits per heavy atom. The third kappa shape index (κ3) is 5.21. The first-order valence-corrected chi connectivity index (χ1v) is 8.36. The predicted octanol–water partition coefficient (Wildman–Crippen LogP) is -0.211. The minimum atomic E-state index is -1.09. The van der Waals surface area contributed by atoms with E-state index in [1.54, 1.807) is 10.8 Å². The maximum atomic E-state index is 12.0. The summed E-state index contributed by atoms with van der Waals surface area (Å²) in [5, 5.41) is 20.4. The van der Waals surface area contributed by atoms with E-state index >= 15 is 0 Å². The zero-order chi connectivity index (χ0) is 14.5. The number of amides is 1. The van der Waals surface area contributed by atoms with Crippen LogP contribution in [-0.2, 0) is 14.3 Å². The molecule has 2 unspecified atom stereocenters. The van der Waals surface area contributed by atoms with Crippen molar-refractivity contribution in [3.63, 3.8) is 0 Å². The number of carbonyl (C=O) groups is 2. The molecule has 1 amide bonds. The van der Waals surface area contributed by atoms with Gasteiger partial charge in [0.05, 0.1) is 12.0 Å². The monoisotopic (exact) mass is 309 g/mol. The fourth-order valence-corrected chi connectivity index (χ4v) is 4.02. The van der Waals surface area contributed by atoms with Gasteiger partial charge in [-0.05, 0) is 0 Å². The highest BCUT2D eigenvalue weighted by Gasteiger charge is 2.34. The van der Waals surface area contributed by atoms with Crippen molar-refractivity contribution in [3.05, 3.63) is 0 Å². The lowest BCUT2D eigenvalue weighted by atomic mass is 9.95. The van der Waals surface area contributed by atoms with E-state index < -0.39 is 30.1 Å². The summed E-state index contributed by atoms with van der Waals surface area (Å²) in [6.45, 7) is 2.89. The Balaban J connectivity index is 2.55. The van der Waals surface area contributed by atoms with E-state index in [0.717, 1.165) is 0 Å².